The molecule has 0 saturated carbocycles. The molecule has 0 bridgehead atoms. The van der Waals surface area contributed by atoms with Gasteiger partial charge in [0.2, 0.25) is 0 Å². The quantitative estimate of drug-likeness (QED) is 0.839. The third-order valence-corrected chi connectivity index (χ3v) is 2.90. The fourth-order valence-electron chi connectivity index (χ4n) is 1.04. The first-order valence-electron chi connectivity index (χ1n) is 4.70. The van der Waals surface area contributed by atoms with Gasteiger partial charge in [-0.05, 0) is 53.6 Å². The van der Waals surface area contributed by atoms with Crippen LogP contribution in [0.5, 0.6) is 0 Å². The molecule has 1 atom stereocenters. The van der Waals surface area contributed by atoms with Gasteiger partial charge in [0.25, 0.3) is 0 Å². The minimum Gasteiger partial charge on any atom is -0.310 e. The third-order valence-electron chi connectivity index (χ3n) is 2.18. The normalized spacial score (nSPS) is 12.8. The third kappa shape index (κ3) is 4.09. The summed E-state index contributed by atoms with van der Waals surface area (Å²) in [6.45, 7) is 5.39. The molecule has 1 aromatic rings. The number of halogens is 1. The fourth-order valence-corrected chi connectivity index (χ4v) is 1.40. The topological polar surface area (TPSA) is 12.0 Å². The molecule has 1 N–H and O–H groups in total. The van der Waals surface area contributed by atoms with E-state index in [4.69, 9.17) is 0 Å². The molecule has 1 nitrogen and oxygen atoms in total. The Balaban J connectivity index is 2.41. The van der Waals surface area contributed by atoms with E-state index in [9.17, 15) is 0 Å². The van der Waals surface area contributed by atoms with Gasteiger partial charge < -0.3 is 5.32 Å². The second-order valence-electron chi connectivity index (χ2n) is 3.32. The van der Waals surface area contributed by atoms with Crippen molar-refractivity contribution in [1.82, 2.24) is 5.32 Å². The van der Waals surface area contributed by atoms with Gasteiger partial charge >= 0.3 is 0 Å². The maximum Gasteiger partial charge on any atom is 0.0207 e. The Labute approximate surface area is 94.1 Å². The molecule has 1 aromatic carbocycles. The molecule has 0 spiro atoms. The second kappa shape index (κ2) is 5.60. The van der Waals surface area contributed by atoms with Crippen LogP contribution in [0.2, 0.25) is 0 Å². The highest BCUT2D eigenvalue weighted by molar-refractivity contribution is 14.1. The van der Waals surface area contributed by atoms with Gasteiger partial charge in [0.15, 0.2) is 0 Å². The predicted octanol–water partition coefficient (Wildman–Crippen LogP) is 3.18. The van der Waals surface area contributed by atoms with Gasteiger partial charge in [-0.2, -0.15) is 0 Å². The Morgan fingerprint density at radius 1 is 1.31 bits per heavy atom. The highest BCUT2D eigenvalue weighted by Gasteiger charge is 1.97. The average Bonchev–Trinajstić information content (AvgIpc) is 2.16. The summed E-state index contributed by atoms with van der Waals surface area (Å²) in [7, 11) is 0. The molecule has 1 rings (SSSR count). The molecule has 0 saturated heterocycles. The Morgan fingerprint density at radius 2 is 1.92 bits per heavy atom. The highest BCUT2D eigenvalue weighted by Crippen LogP contribution is 2.06. The van der Waals surface area contributed by atoms with Gasteiger partial charge in [0.1, 0.15) is 0 Å². The van der Waals surface area contributed by atoms with Gasteiger partial charge in [-0.25, -0.2) is 0 Å². The molecule has 0 amide bonds. The molecule has 1 unspecified atom stereocenters. The summed E-state index contributed by atoms with van der Waals surface area (Å²) in [6.07, 6.45) is 1.18. The van der Waals surface area contributed by atoms with E-state index in [-0.39, 0.29) is 0 Å². The summed E-state index contributed by atoms with van der Waals surface area (Å²) < 4.78 is 1.30. The van der Waals surface area contributed by atoms with Crippen molar-refractivity contribution in [3.63, 3.8) is 0 Å². The van der Waals surface area contributed by atoms with Crippen LogP contribution >= 0.6 is 22.6 Å². The zero-order valence-electron chi connectivity index (χ0n) is 8.18. The molecule has 2 heteroatoms. The predicted molar refractivity (Wildman–Crippen MR) is 65.8 cm³/mol. The van der Waals surface area contributed by atoms with Crippen LogP contribution in [0.3, 0.4) is 0 Å². The summed E-state index contributed by atoms with van der Waals surface area (Å²) in [4.78, 5) is 0. The van der Waals surface area contributed by atoms with Crippen molar-refractivity contribution < 1.29 is 0 Å². The van der Waals surface area contributed by atoms with Crippen LogP contribution in [0, 0.1) is 3.57 Å². The molecule has 13 heavy (non-hydrogen) atoms. The first-order valence-corrected chi connectivity index (χ1v) is 5.78. The molecule has 0 radical (unpaired) electrons. The first-order chi connectivity index (χ1) is 6.22. The lowest BCUT2D eigenvalue weighted by Crippen LogP contribution is -2.24. The summed E-state index contributed by atoms with van der Waals surface area (Å²) in [6, 6.07) is 9.26. The van der Waals surface area contributed by atoms with Crippen molar-refractivity contribution in [3.05, 3.63) is 33.4 Å². The molecule has 0 fully saturated rings. The molecule has 0 aliphatic carbocycles. The van der Waals surface area contributed by atoms with Crippen LogP contribution < -0.4 is 5.32 Å². The number of hydrogen-bond donors (Lipinski definition) is 1. The zero-order valence-corrected chi connectivity index (χ0v) is 10.3. The Hall–Kier alpha value is -0.0900. The van der Waals surface area contributed by atoms with Crippen molar-refractivity contribution in [3.8, 4) is 0 Å². The fraction of sp³-hybridized carbons (Fsp3) is 0.455. The number of nitrogens with one attached hydrogen (secondary N) is 1. The minimum atomic E-state index is 0.610. The maximum atomic E-state index is 3.47. The van der Waals surface area contributed by atoms with Crippen LogP contribution in [-0.2, 0) is 6.54 Å². The monoisotopic (exact) mass is 289 g/mol. The van der Waals surface area contributed by atoms with Crippen molar-refractivity contribution in [2.75, 3.05) is 0 Å². The van der Waals surface area contributed by atoms with Crippen molar-refractivity contribution >= 4 is 22.6 Å². The Bertz CT molecular complexity index is 243. The molecule has 0 heterocycles. The van der Waals surface area contributed by atoms with Gasteiger partial charge in [0.05, 0.1) is 0 Å². The zero-order chi connectivity index (χ0) is 9.68. The van der Waals surface area contributed by atoms with Crippen LogP contribution in [-0.4, -0.2) is 6.04 Å². The molecular weight excluding hydrogens is 273 g/mol. The van der Waals surface area contributed by atoms with E-state index >= 15 is 0 Å². The maximum absolute atomic E-state index is 3.47. The molecule has 72 valence electrons. The minimum absolute atomic E-state index is 0.610. The van der Waals surface area contributed by atoms with E-state index in [0.717, 1.165) is 6.54 Å². The summed E-state index contributed by atoms with van der Waals surface area (Å²) >= 11 is 2.33. The molecule has 0 aliphatic heterocycles. The van der Waals surface area contributed by atoms with Gasteiger partial charge in [-0.3, -0.25) is 0 Å². The Kier molecular flexibility index (Phi) is 4.73. The number of benzene rings is 1. The SMILES string of the molecule is CCC(C)NCc1ccc(I)cc1. The van der Waals surface area contributed by atoms with Crippen LogP contribution in [0.15, 0.2) is 24.3 Å². The number of rotatable bonds is 4. The molecule has 0 aromatic heterocycles. The van der Waals surface area contributed by atoms with Gasteiger partial charge in [0, 0.05) is 16.2 Å². The van der Waals surface area contributed by atoms with Gasteiger partial charge in [-0.15, -0.1) is 0 Å². The first kappa shape index (κ1) is 11.0. The van der Waals surface area contributed by atoms with Crippen LogP contribution in [0.25, 0.3) is 0 Å². The molecule has 0 aliphatic rings. The lowest BCUT2D eigenvalue weighted by molar-refractivity contribution is 0.534. The summed E-state index contributed by atoms with van der Waals surface area (Å²) in [5, 5.41) is 3.47. The van der Waals surface area contributed by atoms with Crippen LogP contribution in [0.4, 0.5) is 0 Å². The van der Waals surface area contributed by atoms with E-state index in [0.29, 0.717) is 6.04 Å². The van der Waals surface area contributed by atoms with Crippen molar-refractivity contribution in [1.29, 1.82) is 0 Å². The summed E-state index contributed by atoms with van der Waals surface area (Å²) in [5.41, 5.74) is 1.36. The van der Waals surface area contributed by atoms with E-state index < -0.39 is 0 Å². The highest BCUT2D eigenvalue weighted by atomic mass is 127. The second-order valence-corrected chi connectivity index (χ2v) is 4.56. The van der Waals surface area contributed by atoms with Crippen molar-refractivity contribution in [2.45, 2.75) is 32.9 Å². The van der Waals surface area contributed by atoms with E-state index in [1.54, 1.807) is 0 Å². The standard InChI is InChI=1S/C11H16IN/c1-3-9(2)13-8-10-4-6-11(12)7-5-10/h4-7,9,13H,3,8H2,1-2H3. The molecular formula is C11H16IN. The van der Waals surface area contributed by atoms with Crippen molar-refractivity contribution in [2.24, 2.45) is 0 Å². The summed E-state index contributed by atoms with van der Waals surface area (Å²) in [5.74, 6) is 0. The van der Waals surface area contributed by atoms with E-state index in [1.807, 2.05) is 0 Å². The number of hydrogen-bond acceptors (Lipinski definition) is 1. The smallest absolute Gasteiger partial charge is 0.0207 e. The Morgan fingerprint density at radius 3 is 2.46 bits per heavy atom. The van der Waals surface area contributed by atoms with E-state index in [2.05, 4.69) is 66.0 Å². The van der Waals surface area contributed by atoms with Crippen LogP contribution in [0.1, 0.15) is 25.8 Å². The average molecular weight is 289 g/mol. The largest absolute Gasteiger partial charge is 0.310 e. The van der Waals surface area contributed by atoms with Gasteiger partial charge in [-0.1, -0.05) is 19.1 Å². The lowest BCUT2D eigenvalue weighted by Gasteiger charge is -2.10. The lowest BCUT2D eigenvalue weighted by atomic mass is 10.2. The van der Waals surface area contributed by atoms with E-state index in [1.165, 1.54) is 15.6 Å².